The highest BCUT2D eigenvalue weighted by atomic mass is 35.5. The molecule has 0 spiro atoms. The van der Waals surface area contributed by atoms with Crippen LogP contribution in [0.2, 0.25) is 5.02 Å². The summed E-state index contributed by atoms with van der Waals surface area (Å²) in [6, 6.07) is 9.57. The summed E-state index contributed by atoms with van der Waals surface area (Å²) in [7, 11) is 0. The molecule has 0 aliphatic carbocycles. The van der Waals surface area contributed by atoms with Crippen molar-refractivity contribution < 1.29 is 18.0 Å². The highest BCUT2D eigenvalue weighted by Gasteiger charge is 2.30. The standard InChI is InChI=1S/C22H21ClF3N5O/c1-2-19-28-18-13-15(23)5-8-17(18)20(29-19)30-9-11-31(12-10-30)21(32)27-16-6-3-14(4-7-16)22(24,25)26/h3-8,13H,2,9-12H2,1H3,(H,27,32). The number of alkyl halides is 3. The van der Waals surface area contributed by atoms with Gasteiger partial charge < -0.3 is 15.1 Å². The van der Waals surface area contributed by atoms with Gasteiger partial charge in [-0.25, -0.2) is 14.8 Å². The number of amides is 2. The average molecular weight is 464 g/mol. The number of urea groups is 1. The smallest absolute Gasteiger partial charge is 0.352 e. The number of aryl methyl sites for hydroxylation is 1. The number of benzene rings is 2. The topological polar surface area (TPSA) is 61.4 Å². The van der Waals surface area contributed by atoms with Crippen molar-refractivity contribution in [3.8, 4) is 0 Å². The van der Waals surface area contributed by atoms with Crippen molar-refractivity contribution in [1.82, 2.24) is 14.9 Å². The molecule has 0 bridgehead atoms. The first-order valence-electron chi connectivity index (χ1n) is 10.2. The van der Waals surface area contributed by atoms with E-state index < -0.39 is 11.7 Å². The summed E-state index contributed by atoms with van der Waals surface area (Å²) in [5.41, 5.74) is 0.340. The molecule has 1 aromatic heterocycles. The first-order chi connectivity index (χ1) is 15.2. The van der Waals surface area contributed by atoms with Crippen molar-refractivity contribution in [3.05, 3.63) is 58.9 Å². The van der Waals surface area contributed by atoms with Gasteiger partial charge in [-0.3, -0.25) is 0 Å². The molecule has 6 nitrogen and oxygen atoms in total. The number of nitrogens with one attached hydrogen (secondary N) is 1. The Morgan fingerprint density at radius 1 is 1.06 bits per heavy atom. The van der Waals surface area contributed by atoms with Crippen LogP contribution in [0.15, 0.2) is 42.5 Å². The van der Waals surface area contributed by atoms with Gasteiger partial charge in [0.25, 0.3) is 0 Å². The maximum atomic E-state index is 12.7. The Morgan fingerprint density at radius 3 is 2.38 bits per heavy atom. The Hall–Kier alpha value is -3.07. The van der Waals surface area contributed by atoms with Crippen LogP contribution in [-0.4, -0.2) is 47.1 Å². The van der Waals surface area contributed by atoms with E-state index in [1.807, 2.05) is 19.1 Å². The fraction of sp³-hybridized carbons (Fsp3) is 0.318. The summed E-state index contributed by atoms with van der Waals surface area (Å²) in [4.78, 5) is 25.6. The third-order valence-electron chi connectivity index (χ3n) is 5.33. The highest BCUT2D eigenvalue weighted by Crippen LogP contribution is 2.30. The predicted molar refractivity (Wildman–Crippen MR) is 118 cm³/mol. The Labute approximate surface area is 188 Å². The second-order valence-electron chi connectivity index (χ2n) is 7.46. The zero-order chi connectivity index (χ0) is 22.9. The van der Waals surface area contributed by atoms with Crippen molar-refractivity contribution in [2.45, 2.75) is 19.5 Å². The minimum absolute atomic E-state index is 0.316. The lowest BCUT2D eigenvalue weighted by Gasteiger charge is -2.36. The lowest BCUT2D eigenvalue weighted by Crippen LogP contribution is -2.50. The summed E-state index contributed by atoms with van der Waals surface area (Å²) in [6.45, 7) is 4.02. The molecule has 2 amide bonds. The van der Waals surface area contributed by atoms with Crippen molar-refractivity contribution in [3.63, 3.8) is 0 Å². The molecule has 3 aromatic rings. The first-order valence-corrected chi connectivity index (χ1v) is 10.6. The predicted octanol–water partition coefficient (Wildman–Crippen LogP) is 5.22. The van der Waals surface area contributed by atoms with Crippen LogP contribution in [-0.2, 0) is 12.6 Å². The van der Waals surface area contributed by atoms with Gasteiger partial charge >= 0.3 is 12.2 Å². The molecule has 2 aromatic carbocycles. The number of carbonyl (C=O) groups is 1. The number of rotatable bonds is 3. The van der Waals surface area contributed by atoms with Crippen LogP contribution in [0.5, 0.6) is 0 Å². The molecule has 0 radical (unpaired) electrons. The second kappa shape index (κ2) is 8.82. The normalized spacial score (nSPS) is 14.7. The number of aromatic nitrogens is 2. The molecule has 4 rings (SSSR count). The van der Waals surface area contributed by atoms with E-state index in [0.29, 0.717) is 43.3 Å². The fourth-order valence-corrected chi connectivity index (χ4v) is 3.76. The van der Waals surface area contributed by atoms with Crippen LogP contribution in [0, 0.1) is 0 Å². The van der Waals surface area contributed by atoms with E-state index in [9.17, 15) is 18.0 Å². The Morgan fingerprint density at radius 2 is 1.75 bits per heavy atom. The third-order valence-corrected chi connectivity index (χ3v) is 5.57. The number of anilines is 2. The van der Waals surface area contributed by atoms with Gasteiger partial charge in [0, 0.05) is 48.7 Å². The quantitative estimate of drug-likeness (QED) is 0.578. The van der Waals surface area contributed by atoms with Crippen molar-refractivity contribution >= 4 is 40.0 Å². The van der Waals surface area contributed by atoms with Crippen LogP contribution in [0.1, 0.15) is 18.3 Å². The number of fused-ring (bicyclic) bond motifs is 1. The van der Waals surface area contributed by atoms with E-state index >= 15 is 0 Å². The van der Waals surface area contributed by atoms with E-state index in [1.165, 1.54) is 12.1 Å². The van der Waals surface area contributed by atoms with E-state index in [-0.39, 0.29) is 6.03 Å². The molecule has 0 unspecified atom stereocenters. The van der Waals surface area contributed by atoms with E-state index in [1.54, 1.807) is 11.0 Å². The molecule has 1 aliphatic heterocycles. The van der Waals surface area contributed by atoms with E-state index in [2.05, 4.69) is 15.2 Å². The minimum atomic E-state index is -4.41. The van der Waals surface area contributed by atoms with Crippen LogP contribution in [0.25, 0.3) is 10.9 Å². The highest BCUT2D eigenvalue weighted by molar-refractivity contribution is 6.31. The number of hydrogen-bond acceptors (Lipinski definition) is 4. The molecule has 0 atom stereocenters. The molecule has 1 fully saturated rings. The van der Waals surface area contributed by atoms with Gasteiger partial charge in [0.2, 0.25) is 0 Å². The fourth-order valence-electron chi connectivity index (χ4n) is 3.60. The Bertz CT molecular complexity index is 1130. The maximum absolute atomic E-state index is 12.7. The molecular weight excluding hydrogens is 443 g/mol. The summed E-state index contributed by atoms with van der Waals surface area (Å²) in [5, 5.41) is 4.16. The zero-order valence-electron chi connectivity index (χ0n) is 17.3. The first kappa shape index (κ1) is 22.1. The molecule has 1 N–H and O–H groups in total. The molecule has 32 heavy (non-hydrogen) atoms. The average Bonchev–Trinajstić information content (AvgIpc) is 2.78. The lowest BCUT2D eigenvalue weighted by molar-refractivity contribution is -0.137. The van der Waals surface area contributed by atoms with Gasteiger partial charge in [-0.05, 0) is 42.5 Å². The SMILES string of the molecule is CCc1nc(N2CCN(C(=O)Nc3ccc(C(F)(F)F)cc3)CC2)c2ccc(Cl)cc2n1. The number of piperazine rings is 1. The van der Waals surface area contributed by atoms with Crippen LogP contribution >= 0.6 is 11.6 Å². The molecular formula is C22H21ClF3N5O. The zero-order valence-corrected chi connectivity index (χ0v) is 18.0. The largest absolute Gasteiger partial charge is 0.416 e. The molecule has 0 saturated carbocycles. The van der Waals surface area contributed by atoms with Crippen molar-refractivity contribution in [2.24, 2.45) is 0 Å². The number of hydrogen-bond donors (Lipinski definition) is 1. The van der Waals surface area contributed by atoms with Crippen LogP contribution < -0.4 is 10.2 Å². The van der Waals surface area contributed by atoms with E-state index in [0.717, 1.165) is 34.7 Å². The van der Waals surface area contributed by atoms with E-state index in [4.69, 9.17) is 16.6 Å². The molecule has 2 heterocycles. The van der Waals surface area contributed by atoms with Crippen LogP contribution in [0.4, 0.5) is 29.5 Å². The summed E-state index contributed by atoms with van der Waals surface area (Å²) >= 11 is 6.12. The minimum Gasteiger partial charge on any atom is -0.352 e. The molecule has 168 valence electrons. The second-order valence-corrected chi connectivity index (χ2v) is 7.89. The van der Waals surface area contributed by atoms with Crippen molar-refractivity contribution in [2.75, 3.05) is 36.4 Å². The summed E-state index contributed by atoms with van der Waals surface area (Å²) in [5.74, 6) is 1.53. The monoisotopic (exact) mass is 463 g/mol. The maximum Gasteiger partial charge on any atom is 0.416 e. The van der Waals surface area contributed by atoms with Gasteiger partial charge in [-0.1, -0.05) is 18.5 Å². The number of halogens is 4. The third kappa shape index (κ3) is 4.72. The van der Waals surface area contributed by atoms with Crippen molar-refractivity contribution in [1.29, 1.82) is 0 Å². The lowest BCUT2D eigenvalue weighted by atomic mass is 10.2. The summed E-state index contributed by atoms with van der Waals surface area (Å²) in [6.07, 6.45) is -3.72. The number of carbonyl (C=O) groups excluding carboxylic acids is 1. The Kier molecular flexibility index (Phi) is 6.10. The van der Waals surface area contributed by atoms with Gasteiger partial charge in [0.05, 0.1) is 11.1 Å². The van der Waals surface area contributed by atoms with Gasteiger partial charge in [-0.2, -0.15) is 13.2 Å². The van der Waals surface area contributed by atoms with Gasteiger partial charge in [0.15, 0.2) is 0 Å². The van der Waals surface area contributed by atoms with Gasteiger partial charge in [0.1, 0.15) is 11.6 Å². The summed E-state index contributed by atoms with van der Waals surface area (Å²) < 4.78 is 38.1. The number of nitrogens with zero attached hydrogens (tertiary/aromatic N) is 4. The Balaban J connectivity index is 1.43. The van der Waals surface area contributed by atoms with Crippen LogP contribution in [0.3, 0.4) is 0 Å². The molecule has 1 saturated heterocycles. The molecule has 1 aliphatic rings. The van der Waals surface area contributed by atoms with Gasteiger partial charge in [-0.15, -0.1) is 0 Å². The molecule has 10 heteroatoms.